The standard InChI is InChI=1S/C11H17N3S2/c1-8-4-5-9(10(12)15)11(13-8)14(2)6-7-16-3/h4-5H,6-7H2,1-3H3,(H2,12,15). The number of hydrogen-bond acceptors (Lipinski definition) is 4. The van der Waals surface area contributed by atoms with Crippen molar-refractivity contribution in [3.05, 3.63) is 23.4 Å². The monoisotopic (exact) mass is 255 g/mol. The summed E-state index contributed by atoms with van der Waals surface area (Å²) in [5.74, 6) is 1.93. The van der Waals surface area contributed by atoms with E-state index < -0.39 is 0 Å². The van der Waals surface area contributed by atoms with Crippen molar-refractivity contribution in [3.63, 3.8) is 0 Å². The average molecular weight is 255 g/mol. The van der Waals surface area contributed by atoms with Gasteiger partial charge in [0.25, 0.3) is 0 Å². The van der Waals surface area contributed by atoms with Crippen molar-refractivity contribution < 1.29 is 0 Å². The van der Waals surface area contributed by atoms with Gasteiger partial charge in [0.1, 0.15) is 10.8 Å². The summed E-state index contributed by atoms with van der Waals surface area (Å²) in [5.41, 5.74) is 7.52. The molecule has 0 aliphatic rings. The molecule has 88 valence electrons. The van der Waals surface area contributed by atoms with E-state index in [1.54, 1.807) is 0 Å². The van der Waals surface area contributed by atoms with Gasteiger partial charge < -0.3 is 10.6 Å². The van der Waals surface area contributed by atoms with Crippen LogP contribution in [0.1, 0.15) is 11.3 Å². The maximum absolute atomic E-state index is 5.69. The van der Waals surface area contributed by atoms with E-state index in [9.17, 15) is 0 Å². The Labute approximate surface area is 106 Å². The predicted octanol–water partition coefficient (Wildman–Crippen LogP) is 1.82. The van der Waals surface area contributed by atoms with Crippen LogP contribution in [0.2, 0.25) is 0 Å². The Morgan fingerprint density at radius 1 is 1.56 bits per heavy atom. The van der Waals surface area contributed by atoms with Crippen molar-refractivity contribution in [2.45, 2.75) is 6.92 Å². The molecule has 1 aromatic heterocycles. The Kier molecular flexibility index (Phi) is 5.02. The molecule has 0 unspecified atom stereocenters. The molecule has 0 amide bonds. The van der Waals surface area contributed by atoms with Gasteiger partial charge in [-0.15, -0.1) is 0 Å². The summed E-state index contributed by atoms with van der Waals surface area (Å²) in [6.07, 6.45) is 2.09. The van der Waals surface area contributed by atoms with Crippen LogP contribution in [0.4, 0.5) is 5.82 Å². The fraction of sp³-hybridized carbons (Fsp3) is 0.455. The Morgan fingerprint density at radius 3 is 2.81 bits per heavy atom. The number of thiocarbonyl (C=S) groups is 1. The van der Waals surface area contributed by atoms with E-state index in [0.29, 0.717) is 4.99 Å². The van der Waals surface area contributed by atoms with Gasteiger partial charge >= 0.3 is 0 Å². The fourth-order valence-corrected chi connectivity index (χ4v) is 1.98. The molecular weight excluding hydrogens is 238 g/mol. The second-order valence-corrected chi connectivity index (χ2v) is 5.03. The summed E-state index contributed by atoms with van der Waals surface area (Å²) in [6, 6.07) is 3.87. The maximum atomic E-state index is 5.69. The van der Waals surface area contributed by atoms with E-state index in [0.717, 1.165) is 29.4 Å². The highest BCUT2D eigenvalue weighted by molar-refractivity contribution is 7.98. The van der Waals surface area contributed by atoms with Crippen LogP contribution < -0.4 is 10.6 Å². The molecule has 0 atom stereocenters. The molecule has 0 spiro atoms. The van der Waals surface area contributed by atoms with Gasteiger partial charge in [0.15, 0.2) is 0 Å². The molecule has 0 fully saturated rings. The third-order valence-corrected chi connectivity index (χ3v) is 3.08. The van der Waals surface area contributed by atoms with Crippen LogP contribution in [-0.4, -0.2) is 35.6 Å². The second kappa shape index (κ2) is 6.06. The van der Waals surface area contributed by atoms with Gasteiger partial charge in [-0.05, 0) is 25.3 Å². The van der Waals surface area contributed by atoms with E-state index in [4.69, 9.17) is 18.0 Å². The minimum absolute atomic E-state index is 0.401. The summed E-state index contributed by atoms with van der Waals surface area (Å²) >= 11 is 6.84. The topological polar surface area (TPSA) is 42.2 Å². The predicted molar refractivity (Wildman–Crippen MR) is 76.5 cm³/mol. The Balaban J connectivity index is 2.99. The van der Waals surface area contributed by atoms with Gasteiger partial charge in [-0.3, -0.25) is 0 Å². The first-order valence-corrected chi connectivity index (χ1v) is 6.84. The highest BCUT2D eigenvalue weighted by Gasteiger charge is 2.11. The Morgan fingerprint density at radius 2 is 2.25 bits per heavy atom. The van der Waals surface area contributed by atoms with Crippen molar-refractivity contribution in [3.8, 4) is 0 Å². The van der Waals surface area contributed by atoms with Crippen LogP contribution in [0.25, 0.3) is 0 Å². The number of aromatic nitrogens is 1. The lowest BCUT2D eigenvalue weighted by atomic mass is 10.2. The van der Waals surface area contributed by atoms with Crippen molar-refractivity contribution in [2.24, 2.45) is 5.73 Å². The summed E-state index contributed by atoms with van der Waals surface area (Å²) in [7, 11) is 2.01. The van der Waals surface area contributed by atoms with Crippen molar-refractivity contribution in [1.82, 2.24) is 4.98 Å². The van der Waals surface area contributed by atoms with Crippen molar-refractivity contribution in [2.75, 3.05) is 30.5 Å². The largest absolute Gasteiger partial charge is 0.389 e. The number of thioether (sulfide) groups is 1. The summed E-state index contributed by atoms with van der Waals surface area (Å²) in [4.78, 5) is 6.99. The number of aryl methyl sites for hydroxylation is 1. The van der Waals surface area contributed by atoms with Crippen molar-refractivity contribution >= 4 is 34.8 Å². The van der Waals surface area contributed by atoms with E-state index in [1.165, 1.54) is 0 Å². The molecular formula is C11H17N3S2. The molecule has 0 bridgehead atoms. The van der Waals surface area contributed by atoms with Crippen LogP contribution in [0.5, 0.6) is 0 Å². The molecule has 1 aromatic rings. The first-order valence-electron chi connectivity index (χ1n) is 5.03. The average Bonchev–Trinajstić information content (AvgIpc) is 2.25. The molecule has 1 heterocycles. The quantitative estimate of drug-likeness (QED) is 0.813. The molecule has 16 heavy (non-hydrogen) atoms. The molecule has 2 N–H and O–H groups in total. The van der Waals surface area contributed by atoms with E-state index in [2.05, 4.69) is 16.1 Å². The van der Waals surface area contributed by atoms with Gasteiger partial charge in [0, 0.05) is 25.0 Å². The molecule has 0 aromatic carbocycles. The first kappa shape index (κ1) is 13.3. The van der Waals surface area contributed by atoms with Crippen LogP contribution in [0.15, 0.2) is 12.1 Å². The lowest BCUT2D eigenvalue weighted by molar-refractivity contribution is 0.936. The van der Waals surface area contributed by atoms with Gasteiger partial charge in [-0.1, -0.05) is 12.2 Å². The molecule has 0 saturated carbocycles. The third-order valence-electron chi connectivity index (χ3n) is 2.27. The molecule has 0 aliphatic heterocycles. The third kappa shape index (κ3) is 3.35. The van der Waals surface area contributed by atoms with E-state index in [-0.39, 0.29) is 0 Å². The second-order valence-electron chi connectivity index (χ2n) is 3.60. The van der Waals surface area contributed by atoms with Gasteiger partial charge in [0.2, 0.25) is 0 Å². The van der Waals surface area contributed by atoms with Crippen molar-refractivity contribution in [1.29, 1.82) is 0 Å². The van der Waals surface area contributed by atoms with Crippen LogP contribution in [0.3, 0.4) is 0 Å². The Bertz CT molecular complexity index is 379. The Hall–Kier alpha value is -0.810. The normalized spacial score (nSPS) is 10.2. The first-order chi connectivity index (χ1) is 7.56. The molecule has 0 aliphatic carbocycles. The minimum atomic E-state index is 0.401. The highest BCUT2D eigenvalue weighted by Crippen LogP contribution is 2.17. The number of hydrogen-bond donors (Lipinski definition) is 1. The van der Waals surface area contributed by atoms with Crippen LogP contribution in [-0.2, 0) is 0 Å². The van der Waals surface area contributed by atoms with Crippen LogP contribution >= 0.6 is 24.0 Å². The van der Waals surface area contributed by atoms with Gasteiger partial charge in [0.05, 0.1) is 5.56 Å². The zero-order valence-electron chi connectivity index (χ0n) is 9.86. The molecule has 1 rings (SSSR count). The van der Waals surface area contributed by atoms with E-state index >= 15 is 0 Å². The molecule has 5 heteroatoms. The number of pyridine rings is 1. The maximum Gasteiger partial charge on any atom is 0.138 e. The molecule has 0 radical (unpaired) electrons. The van der Waals surface area contributed by atoms with Crippen LogP contribution in [0, 0.1) is 6.92 Å². The zero-order valence-corrected chi connectivity index (χ0v) is 11.5. The summed E-state index contributed by atoms with van der Waals surface area (Å²) < 4.78 is 0. The lowest BCUT2D eigenvalue weighted by Gasteiger charge is -2.20. The molecule has 0 saturated heterocycles. The van der Waals surface area contributed by atoms with Gasteiger partial charge in [-0.2, -0.15) is 11.8 Å². The SMILES string of the molecule is CSCCN(C)c1nc(C)ccc1C(N)=S. The summed E-state index contributed by atoms with van der Waals surface area (Å²) in [5, 5.41) is 0. The van der Waals surface area contributed by atoms with E-state index in [1.807, 2.05) is 37.9 Å². The number of nitrogens with zero attached hydrogens (tertiary/aromatic N) is 2. The zero-order chi connectivity index (χ0) is 12.1. The number of nitrogens with two attached hydrogens (primary N) is 1. The highest BCUT2D eigenvalue weighted by atomic mass is 32.2. The molecule has 3 nitrogen and oxygen atoms in total. The minimum Gasteiger partial charge on any atom is -0.389 e. The number of rotatable bonds is 5. The van der Waals surface area contributed by atoms with Gasteiger partial charge in [-0.25, -0.2) is 4.98 Å². The smallest absolute Gasteiger partial charge is 0.138 e. The summed E-state index contributed by atoms with van der Waals surface area (Å²) in [6.45, 7) is 2.91. The lowest BCUT2D eigenvalue weighted by Crippen LogP contribution is -2.25. The number of anilines is 1. The fourth-order valence-electron chi connectivity index (χ4n) is 1.36.